The normalized spacial score (nSPS) is 27.1. The summed E-state index contributed by atoms with van der Waals surface area (Å²) in [5.74, 6) is 2.73. The zero-order valence-corrected chi connectivity index (χ0v) is 15.7. The molecule has 0 amide bonds. The Morgan fingerprint density at radius 1 is 1.08 bits per heavy atom. The maximum atomic E-state index is 4.32. The molecule has 4 heteroatoms. The van der Waals surface area contributed by atoms with Gasteiger partial charge in [-0.05, 0) is 56.8 Å². The van der Waals surface area contributed by atoms with E-state index in [1.54, 1.807) is 0 Å². The first-order chi connectivity index (χ1) is 12.1. The van der Waals surface area contributed by atoms with E-state index in [2.05, 4.69) is 70.7 Å². The van der Waals surface area contributed by atoms with Crippen LogP contribution in [0.1, 0.15) is 29.4 Å². The monoisotopic (exact) mass is 338 g/mol. The third kappa shape index (κ3) is 3.25. The molecule has 0 aliphatic carbocycles. The van der Waals surface area contributed by atoms with Gasteiger partial charge in [0.1, 0.15) is 5.82 Å². The summed E-state index contributed by atoms with van der Waals surface area (Å²) < 4.78 is 2.26. The van der Waals surface area contributed by atoms with Crippen LogP contribution in [-0.4, -0.2) is 52.6 Å². The molecular weight excluding hydrogens is 308 g/mol. The van der Waals surface area contributed by atoms with E-state index >= 15 is 0 Å². The van der Waals surface area contributed by atoms with Crippen molar-refractivity contribution in [3.63, 3.8) is 0 Å². The minimum Gasteiger partial charge on any atom is -0.335 e. The molecule has 0 N–H and O–H groups in total. The van der Waals surface area contributed by atoms with Crippen molar-refractivity contribution in [2.75, 3.05) is 33.2 Å². The Bertz CT molecular complexity index is 722. The van der Waals surface area contributed by atoms with Crippen molar-refractivity contribution in [2.24, 2.45) is 11.8 Å². The van der Waals surface area contributed by atoms with Gasteiger partial charge in [-0.3, -0.25) is 4.90 Å². The maximum Gasteiger partial charge on any atom is 0.105 e. The third-order valence-electron chi connectivity index (χ3n) is 6.27. The topological polar surface area (TPSA) is 24.3 Å². The lowest BCUT2D eigenvalue weighted by atomic mass is 9.88. The maximum absolute atomic E-state index is 4.32. The molecule has 2 aromatic rings. The fourth-order valence-electron chi connectivity index (χ4n) is 5.02. The van der Waals surface area contributed by atoms with Crippen LogP contribution in [0.4, 0.5) is 0 Å². The number of hydrogen-bond acceptors (Lipinski definition) is 3. The van der Waals surface area contributed by atoms with Crippen molar-refractivity contribution in [1.82, 2.24) is 19.4 Å². The molecule has 0 saturated carbocycles. The SMILES string of the molecule is Cc1ccccc1[C@H]1[C@@H]2CN(CCCn3ccnc3C)C[C@@H]2CN1C. The molecule has 2 fully saturated rings. The van der Waals surface area contributed by atoms with Crippen LogP contribution in [0.25, 0.3) is 0 Å². The smallest absolute Gasteiger partial charge is 0.105 e. The number of nitrogens with zero attached hydrogens (tertiary/aromatic N) is 4. The average Bonchev–Trinajstić information content (AvgIpc) is 3.24. The van der Waals surface area contributed by atoms with Gasteiger partial charge in [-0.1, -0.05) is 24.3 Å². The number of rotatable bonds is 5. The number of fused-ring (bicyclic) bond motifs is 1. The van der Waals surface area contributed by atoms with E-state index < -0.39 is 0 Å². The van der Waals surface area contributed by atoms with E-state index in [4.69, 9.17) is 0 Å². The van der Waals surface area contributed by atoms with Crippen LogP contribution in [0, 0.1) is 25.7 Å². The van der Waals surface area contributed by atoms with Crippen molar-refractivity contribution < 1.29 is 0 Å². The number of aryl methyl sites for hydroxylation is 3. The minimum atomic E-state index is 0.590. The van der Waals surface area contributed by atoms with Gasteiger partial charge in [0.05, 0.1) is 0 Å². The highest BCUT2D eigenvalue weighted by atomic mass is 15.2. The highest BCUT2D eigenvalue weighted by Crippen LogP contribution is 2.44. The van der Waals surface area contributed by atoms with Crippen LogP contribution in [0.2, 0.25) is 0 Å². The zero-order valence-electron chi connectivity index (χ0n) is 15.7. The Labute approximate surface area is 151 Å². The van der Waals surface area contributed by atoms with Crippen molar-refractivity contribution >= 4 is 0 Å². The second kappa shape index (κ2) is 6.93. The molecule has 134 valence electrons. The number of aromatic nitrogens is 2. The largest absolute Gasteiger partial charge is 0.335 e. The van der Waals surface area contributed by atoms with Crippen molar-refractivity contribution in [3.05, 3.63) is 53.6 Å². The van der Waals surface area contributed by atoms with Crippen LogP contribution in [0.3, 0.4) is 0 Å². The third-order valence-corrected chi connectivity index (χ3v) is 6.27. The highest BCUT2D eigenvalue weighted by molar-refractivity contribution is 5.31. The first-order valence-corrected chi connectivity index (χ1v) is 9.59. The predicted octanol–water partition coefficient (Wildman–Crippen LogP) is 3.12. The lowest BCUT2D eigenvalue weighted by Crippen LogP contribution is -2.30. The van der Waals surface area contributed by atoms with Gasteiger partial charge in [-0.2, -0.15) is 0 Å². The average molecular weight is 338 g/mol. The summed E-state index contributed by atoms with van der Waals surface area (Å²) in [5.41, 5.74) is 2.97. The van der Waals surface area contributed by atoms with E-state index in [9.17, 15) is 0 Å². The first-order valence-electron chi connectivity index (χ1n) is 9.59. The second-order valence-electron chi connectivity index (χ2n) is 7.95. The molecule has 2 saturated heterocycles. The van der Waals surface area contributed by atoms with Gasteiger partial charge in [-0.15, -0.1) is 0 Å². The van der Waals surface area contributed by atoms with Gasteiger partial charge >= 0.3 is 0 Å². The molecule has 2 aliphatic heterocycles. The Morgan fingerprint density at radius 3 is 2.68 bits per heavy atom. The summed E-state index contributed by atoms with van der Waals surface area (Å²) in [6.07, 6.45) is 5.21. The van der Waals surface area contributed by atoms with Gasteiger partial charge in [-0.25, -0.2) is 4.98 Å². The summed E-state index contributed by atoms with van der Waals surface area (Å²) in [6, 6.07) is 9.54. The molecule has 25 heavy (non-hydrogen) atoms. The van der Waals surface area contributed by atoms with Crippen LogP contribution in [0.15, 0.2) is 36.7 Å². The van der Waals surface area contributed by atoms with Crippen LogP contribution >= 0.6 is 0 Å². The van der Waals surface area contributed by atoms with Gasteiger partial charge in [0.2, 0.25) is 0 Å². The minimum absolute atomic E-state index is 0.590. The molecule has 1 aromatic carbocycles. The van der Waals surface area contributed by atoms with E-state index in [0.29, 0.717) is 6.04 Å². The van der Waals surface area contributed by atoms with E-state index in [1.807, 2.05) is 6.20 Å². The molecule has 0 bridgehead atoms. The highest BCUT2D eigenvalue weighted by Gasteiger charge is 2.46. The molecule has 0 radical (unpaired) electrons. The number of hydrogen-bond donors (Lipinski definition) is 0. The number of benzene rings is 1. The van der Waals surface area contributed by atoms with Gasteiger partial charge < -0.3 is 9.47 Å². The Kier molecular flexibility index (Phi) is 4.65. The van der Waals surface area contributed by atoms with Crippen molar-refractivity contribution in [2.45, 2.75) is 32.9 Å². The molecule has 1 aromatic heterocycles. The predicted molar refractivity (Wildman–Crippen MR) is 102 cm³/mol. The van der Waals surface area contributed by atoms with Gasteiger partial charge in [0, 0.05) is 44.6 Å². The summed E-state index contributed by atoms with van der Waals surface area (Å²) in [6.45, 7) is 10.4. The fraction of sp³-hybridized carbons (Fsp3) is 0.571. The Balaban J connectivity index is 1.38. The molecule has 3 atom stereocenters. The van der Waals surface area contributed by atoms with Gasteiger partial charge in [0.15, 0.2) is 0 Å². The Morgan fingerprint density at radius 2 is 1.92 bits per heavy atom. The van der Waals surface area contributed by atoms with E-state index in [1.165, 1.54) is 43.7 Å². The van der Waals surface area contributed by atoms with Crippen molar-refractivity contribution in [1.29, 1.82) is 0 Å². The van der Waals surface area contributed by atoms with Crippen molar-refractivity contribution in [3.8, 4) is 0 Å². The Hall–Kier alpha value is -1.65. The molecule has 4 rings (SSSR count). The fourth-order valence-corrected chi connectivity index (χ4v) is 5.02. The van der Waals surface area contributed by atoms with Gasteiger partial charge in [0.25, 0.3) is 0 Å². The summed E-state index contributed by atoms with van der Waals surface area (Å²) in [4.78, 5) is 9.60. The summed E-state index contributed by atoms with van der Waals surface area (Å²) in [5, 5.41) is 0. The molecule has 4 nitrogen and oxygen atoms in total. The zero-order chi connectivity index (χ0) is 17.4. The molecular formula is C21H30N4. The van der Waals surface area contributed by atoms with E-state index in [0.717, 1.165) is 24.2 Å². The number of imidazole rings is 1. The van der Waals surface area contributed by atoms with Crippen LogP contribution < -0.4 is 0 Å². The standard InChI is InChI=1S/C21H30N4/c1-16-7-4-5-8-19(16)21-20-15-24(14-18(20)13-23(21)3)10-6-11-25-12-9-22-17(25)2/h4-5,7-9,12,18,20-21H,6,10-11,13-15H2,1-3H3/t18-,20+,21-/m0/s1. The summed E-state index contributed by atoms with van der Waals surface area (Å²) >= 11 is 0. The molecule has 3 heterocycles. The van der Waals surface area contributed by atoms with Crippen LogP contribution in [0.5, 0.6) is 0 Å². The number of likely N-dealkylation sites (tertiary alicyclic amines) is 2. The molecule has 0 spiro atoms. The quantitative estimate of drug-likeness (QED) is 0.837. The lowest BCUT2D eigenvalue weighted by molar-refractivity contribution is 0.225. The first kappa shape index (κ1) is 16.8. The molecule has 0 unspecified atom stereocenters. The van der Waals surface area contributed by atoms with E-state index in [-0.39, 0.29) is 0 Å². The molecule has 2 aliphatic rings. The summed E-state index contributed by atoms with van der Waals surface area (Å²) in [7, 11) is 2.31. The van der Waals surface area contributed by atoms with Crippen LogP contribution in [-0.2, 0) is 6.54 Å². The second-order valence-corrected chi connectivity index (χ2v) is 7.95. The lowest BCUT2D eigenvalue weighted by Gasteiger charge is -2.28.